The molecule has 0 amide bonds. The smallest absolute Gasteiger partial charge is 0.334 e. The summed E-state index contributed by atoms with van der Waals surface area (Å²) in [7, 11) is 2.74. The van der Waals surface area contributed by atoms with Gasteiger partial charge in [0, 0.05) is 11.8 Å². The SMILES string of the molecule is COC(=O)C1=C(C(=O)OC)[C@H]2C[C@H]1[C@@]13O[C@@]21[C@H]1CC[C@H]3C1. The maximum Gasteiger partial charge on any atom is 0.334 e. The molecule has 0 aromatic heterocycles. The van der Waals surface area contributed by atoms with Gasteiger partial charge in [-0.1, -0.05) is 0 Å². The molecule has 112 valence electrons. The van der Waals surface area contributed by atoms with E-state index in [-0.39, 0.29) is 35.0 Å². The number of hydrogen-bond donors (Lipinski definition) is 0. The lowest BCUT2D eigenvalue weighted by Gasteiger charge is -2.29. The van der Waals surface area contributed by atoms with Crippen LogP contribution in [-0.2, 0) is 23.8 Å². The first-order valence-corrected chi connectivity index (χ1v) is 7.72. The van der Waals surface area contributed by atoms with Crippen molar-refractivity contribution in [2.45, 2.75) is 36.9 Å². The van der Waals surface area contributed by atoms with Crippen molar-refractivity contribution in [3.05, 3.63) is 11.1 Å². The zero-order chi connectivity index (χ0) is 14.6. The summed E-state index contributed by atoms with van der Waals surface area (Å²) in [5.41, 5.74) is 0.744. The first kappa shape index (κ1) is 12.2. The molecular weight excluding hydrogens is 272 g/mol. The maximum absolute atomic E-state index is 12.2. The number of esters is 2. The second-order valence-corrected chi connectivity index (χ2v) is 7.05. The van der Waals surface area contributed by atoms with Crippen LogP contribution < -0.4 is 0 Å². The Labute approximate surface area is 122 Å². The Morgan fingerprint density at radius 1 is 0.952 bits per heavy atom. The molecule has 21 heavy (non-hydrogen) atoms. The van der Waals surface area contributed by atoms with Gasteiger partial charge >= 0.3 is 11.9 Å². The number of carbonyl (C=O) groups excluding carboxylic acids is 2. The highest BCUT2D eigenvalue weighted by Gasteiger charge is 2.92. The predicted molar refractivity (Wildman–Crippen MR) is 70.0 cm³/mol. The number of fused-ring (bicyclic) bond motifs is 4. The molecule has 1 heterocycles. The molecule has 5 aliphatic rings. The zero-order valence-electron chi connectivity index (χ0n) is 12.2. The molecule has 0 radical (unpaired) electrons. The first-order chi connectivity index (χ1) is 10.1. The molecule has 4 aliphatic carbocycles. The summed E-state index contributed by atoms with van der Waals surface area (Å²) >= 11 is 0. The van der Waals surface area contributed by atoms with Crippen molar-refractivity contribution in [1.82, 2.24) is 0 Å². The fraction of sp³-hybridized carbons (Fsp3) is 0.750. The van der Waals surface area contributed by atoms with E-state index in [1.54, 1.807) is 0 Å². The zero-order valence-corrected chi connectivity index (χ0v) is 12.2. The van der Waals surface area contributed by atoms with Crippen LogP contribution in [0.2, 0.25) is 0 Å². The van der Waals surface area contributed by atoms with E-state index in [1.165, 1.54) is 33.5 Å². The van der Waals surface area contributed by atoms with Crippen molar-refractivity contribution in [2.24, 2.45) is 23.7 Å². The average Bonchev–Trinajstić information content (AvgIpc) is 2.89. The summed E-state index contributed by atoms with van der Waals surface area (Å²) in [6.07, 6.45) is 4.42. The molecule has 3 saturated carbocycles. The summed E-state index contributed by atoms with van der Waals surface area (Å²) in [6, 6.07) is 0. The Balaban J connectivity index is 1.69. The summed E-state index contributed by atoms with van der Waals surface area (Å²) in [4.78, 5) is 24.5. The van der Waals surface area contributed by atoms with E-state index in [4.69, 9.17) is 14.2 Å². The fourth-order valence-electron chi connectivity index (χ4n) is 6.43. The molecule has 0 N–H and O–H groups in total. The molecule has 0 aromatic rings. The van der Waals surface area contributed by atoms with Gasteiger partial charge in [-0.15, -0.1) is 0 Å². The van der Waals surface area contributed by atoms with Crippen LogP contribution in [0.4, 0.5) is 0 Å². The molecule has 1 aliphatic heterocycles. The Morgan fingerprint density at radius 2 is 1.43 bits per heavy atom. The quantitative estimate of drug-likeness (QED) is 0.565. The van der Waals surface area contributed by atoms with E-state index >= 15 is 0 Å². The summed E-state index contributed by atoms with van der Waals surface area (Å²) in [6.45, 7) is 0. The number of carbonyl (C=O) groups is 2. The van der Waals surface area contributed by atoms with Crippen LogP contribution in [0.3, 0.4) is 0 Å². The number of rotatable bonds is 2. The highest BCUT2D eigenvalue weighted by Crippen LogP contribution is 2.84. The van der Waals surface area contributed by atoms with Crippen molar-refractivity contribution in [3.63, 3.8) is 0 Å². The minimum Gasteiger partial charge on any atom is -0.466 e. The van der Waals surface area contributed by atoms with Gasteiger partial charge in [-0.3, -0.25) is 0 Å². The summed E-state index contributed by atoms with van der Waals surface area (Å²) < 4.78 is 16.2. The van der Waals surface area contributed by atoms with E-state index in [9.17, 15) is 9.59 Å². The minimum absolute atomic E-state index is 0.0272. The van der Waals surface area contributed by atoms with E-state index < -0.39 is 0 Å². The lowest BCUT2D eigenvalue weighted by atomic mass is 9.69. The van der Waals surface area contributed by atoms with E-state index in [1.807, 2.05) is 0 Å². The normalized spacial score (nSPS) is 51.0. The Hall–Kier alpha value is -1.36. The number of hydrogen-bond acceptors (Lipinski definition) is 5. The topological polar surface area (TPSA) is 65.1 Å². The van der Waals surface area contributed by atoms with Gasteiger partial charge in [0.1, 0.15) is 11.2 Å². The fourth-order valence-corrected chi connectivity index (χ4v) is 6.43. The maximum atomic E-state index is 12.2. The van der Waals surface area contributed by atoms with Crippen LogP contribution in [0.15, 0.2) is 11.1 Å². The first-order valence-electron chi connectivity index (χ1n) is 7.72. The lowest BCUT2D eigenvalue weighted by molar-refractivity contribution is -0.140. The van der Waals surface area contributed by atoms with Gasteiger partial charge in [-0.2, -0.15) is 0 Å². The molecule has 5 rings (SSSR count). The van der Waals surface area contributed by atoms with E-state index in [2.05, 4.69) is 0 Å². The van der Waals surface area contributed by atoms with Gasteiger partial charge < -0.3 is 14.2 Å². The number of methoxy groups -OCH3 is 2. The van der Waals surface area contributed by atoms with Gasteiger partial charge in [0.05, 0.1) is 25.4 Å². The highest BCUT2D eigenvalue weighted by atomic mass is 16.6. The average molecular weight is 290 g/mol. The van der Waals surface area contributed by atoms with E-state index in [0.29, 0.717) is 23.0 Å². The standard InChI is InChI=1S/C16H18O5/c1-19-13(17)11-9-6-10(12(11)14(18)20-2)16-8-4-3-7(5-8)15(9,16)21-16/h7-10H,3-6H2,1-2H3/t7-,8-,9+,10+,15-,16+/m0/s1. The van der Waals surface area contributed by atoms with Crippen LogP contribution >= 0.6 is 0 Å². The third-order valence-corrected chi connectivity index (χ3v) is 6.86. The van der Waals surface area contributed by atoms with Gasteiger partial charge in [0.2, 0.25) is 0 Å². The van der Waals surface area contributed by atoms with Crippen LogP contribution in [-0.4, -0.2) is 37.4 Å². The van der Waals surface area contributed by atoms with Crippen LogP contribution in [0.1, 0.15) is 25.7 Å². The molecule has 6 atom stereocenters. The molecule has 4 fully saturated rings. The largest absolute Gasteiger partial charge is 0.466 e. The van der Waals surface area contributed by atoms with Gasteiger partial charge in [-0.25, -0.2) is 9.59 Å². The second kappa shape index (κ2) is 3.35. The van der Waals surface area contributed by atoms with Crippen LogP contribution in [0.5, 0.6) is 0 Å². The lowest BCUT2D eigenvalue weighted by Crippen LogP contribution is -2.42. The van der Waals surface area contributed by atoms with Gasteiger partial charge in [0.25, 0.3) is 0 Å². The minimum atomic E-state index is -0.385. The predicted octanol–water partition coefficient (Wildman–Crippen LogP) is 1.22. The molecule has 5 nitrogen and oxygen atoms in total. The molecule has 5 heteroatoms. The second-order valence-electron chi connectivity index (χ2n) is 7.05. The molecule has 0 spiro atoms. The highest BCUT2D eigenvalue weighted by molar-refractivity contribution is 6.03. The molecule has 1 saturated heterocycles. The summed E-state index contributed by atoms with van der Waals surface area (Å²) in [5, 5.41) is 0. The van der Waals surface area contributed by atoms with Crippen molar-refractivity contribution in [2.75, 3.05) is 14.2 Å². The van der Waals surface area contributed by atoms with E-state index in [0.717, 1.165) is 6.42 Å². The van der Waals surface area contributed by atoms with Gasteiger partial charge in [0.15, 0.2) is 0 Å². The Bertz CT molecular complexity index is 572. The number of ether oxygens (including phenoxy) is 3. The monoisotopic (exact) mass is 290 g/mol. The van der Waals surface area contributed by atoms with Crippen LogP contribution in [0.25, 0.3) is 0 Å². The van der Waals surface area contributed by atoms with Crippen molar-refractivity contribution >= 4 is 11.9 Å². The Morgan fingerprint density at radius 3 is 1.86 bits per heavy atom. The van der Waals surface area contributed by atoms with Crippen molar-refractivity contribution in [1.29, 1.82) is 0 Å². The van der Waals surface area contributed by atoms with Crippen molar-refractivity contribution < 1.29 is 23.8 Å². The third kappa shape index (κ3) is 0.978. The van der Waals surface area contributed by atoms with Crippen molar-refractivity contribution in [3.8, 4) is 0 Å². The molecule has 4 bridgehead atoms. The molecule has 0 unspecified atom stereocenters. The van der Waals surface area contributed by atoms with Crippen LogP contribution in [0, 0.1) is 23.7 Å². The number of epoxide rings is 1. The third-order valence-electron chi connectivity index (χ3n) is 6.86. The Kier molecular flexibility index (Phi) is 1.95. The molecule has 0 aromatic carbocycles. The summed E-state index contributed by atoms with van der Waals surface area (Å²) in [5.74, 6) is 0.389. The van der Waals surface area contributed by atoms with Gasteiger partial charge in [-0.05, 0) is 37.5 Å². The molecular formula is C16H18O5.